The van der Waals surface area contributed by atoms with Crippen LogP contribution in [0.25, 0.3) is 55.3 Å². The lowest BCUT2D eigenvalue weighted by Gasteiger charge is -2.32. The van der Waals surface area contributed by atoms with Gasteiger partial charge in [0.15, 0.2) is 0 Å². The van der Waals surface area contributed by atoms with Crippen molar-refractivity contribution in [3.63, 3.8) is 0 Å². The predicted molar refractivity (Wildman–Crippen MR) is 231 cm³/mol. The molecule has 12 rings (SSSR count). The maximum atomic E-state index is 6.44. The molecule has 1 spiro atoms. The predicted octanol–water partition coefficient (Wildman–Crippen LogP) is 14.3. The van der Waals surface area contributed by atoms with Crippen LogP contribution in [0.5, 0.6) is 0 Å². The van der Waals surface area contributed by atoms with E-state index >= 15 is 0 Å². The van der Waals surface area contributed by atoms with E-state index in [-0.39, 0.29) is 10.8 Å². The van der Waals surface area contributed by atoms with Crippen molar-refractivity contribution in [1.29, 1.82) is 0 Å². The summed E-state index contributed by atoms with van der Waals surface area (Å²) in [5.41, 5.74) is 21.1. The van der Waals surface area contributed by atoms with Gasteiger partial charge in [0.05, 0.1) is 5.69 Å². The highest BCUT2D eigenvalue weighted by Gasteiger charge is 2.48. The second-order valence-electron chi connectivity index (χ2n) is 16.4. The second-order valence-corrected chi connectivity index (χ2v) is 16.4. The lowest BCUT2D eigenvalue weighted by atomic mass is 9.73. The molecule has 0 aliphatic heterocycles. The quantitative estimate of drug-likeness (QED) is 0.180. The summed E-state index contributed by atoms with van der Waals surface area (Å²) < 4.78 is 6.44. The summed E-state index contributed by atoms with van der Waals surface area (Å²) >= 11 is 0. The fourth-order valence-electron chi connectivity index (χ4n) is 10.8. The summed E-state index contributed by atoms with van der Waals surface area (Å²) in [5.74, 6) is 0. The molecule has 0 fully saturated rings. The Morgan fingerprint density at radius 1 is 0.446 bits per heavy atom. The molecular formula is C54H39NO. The maximum absolute atomic E-state index is 6.44. The Bertz CT molecular complexity index is 3090. The van der Waals surface area contributed by atoms with E-state index < -0.39 is 0 Å². The second kappa shape index (κ2) is 11.4. The first-order valence-electron chi connectivity index (χ1n) is 19.9. The van der Waals surface area contributed by atoms with Crippen molar-refractivity contribution in [2.45, 2.75) is 37.5 Å². The summed E-state index contributed by atoms with van der Waals surface area (Å²) in [6, 6.07) is 65.4. The van der Waals surface area contributed by atoms with Gasteiger partial charge in [-0.3, -0.25) is 0 Å². The van der Waals surface area contributed by atoms with E-state index in [0.29, 0.717) is 0 Å². The molecule has 0 amide bonds. The van der Waals surface area contributed by atoms with Gasteiger partial charge in [-0.05, 0) is 117 Å². The third-order valence-electron chi connectivity index (χ3n) is 13.3. The van der Waals surface area contributed by atoms with Gasteiger partial charge in [0.2, 0.25) is 0 Å². The average molecular weight is 718 g/mol. The first kappa shape index (κ1) is 31.7. The van der Waals surface area contributed by atoms with Gasteiger partial charge in [-0.25, -0.2) is 0 Å². The molecule has 1 unspecified atom stereocenters. The molecule has 1 atom stereocenters. The highest BCUT2D eigenvalue weighted by molar-refractivity contribution is 6.14. The van der Waals surface area contributed by atoms with Gasteiger partial charge in [-0.2, -0.15) is 0 Å². The van der Waals surface area contributed by atoms with Crippen molar-refractivity contribution in [3.05, 3.63) is 209 Å². The van der Waals surface area contributed by atoms with Crippen molar-refractivity contribution in [2.75, 3.05) is 4.90 Å². The third kappa shape index (κ3) is 4.16. The highest BCUT2D eigenvalue weighted by atomic mass is 16.3. The molecule has 2 heteroatoms. The minimum atomic E-state index is -0.188. The smallest absolute Gasteiger partial charge is 0.136 e. The molecule has 3 aliphatic rings. The number of fused-ring (bicyclic) bond motifs is 13. The molecular weight excluding hydrogens is 679 g/mol. The van der Waals surface area contributed by atoms with Gasteiger partial charge in [0, 0.05) is 38.5 Å². The van der Waals surface area contributed by atoms with E-state index in [1.807, 2.05) is 0 Å². The van der Waals surface area contributed by atoms with Crippen LogP contribution in [0.4, 0.5) is 17.1 Å². The fourth-order valence-corrected chi connectivity index (χ4v) is 10.8. The van der Waals surface area contributed by atoms with Crippen molar-refractivity contribution in [3.8, 4) is 33.4 Å². The van der Waals surface area contributed by atoms with Gasteiger partial charge in [-0.15, -0.1) is 0 Å². The van der Waals surface area contributed by atoms with E-state index in [2.05, 4.69) is 195 Å². The molecule has 56 heavy (non-hydrogen) atoms. The Balaban J connectivity index is 1.13. The van der Waals surface area contributed by atoms with Crippen LogP contribution in [0.3, 0.4) is 0 Å². The van der Waals surface area contributed by atoms with E-state index in [4.69, 9.17) is 4.42 Å². The number of anilines is 3. The highest BCUT2D eigenvalue weighted by Crippen LogP contribution is 2.60. The van der Waals surface area contributed by atoms with Crippen molar-refractivity contribution < 1.29 is 4.42 Å². The Hall–Kier alpha value is -6.64. The zero-order valence-corrected chi connectivity index (χ0v) is 31.5. The molecule has 9 aromatic rings. The fraction of sp³-hybridized carbons (Fsp3) is 0.111. The minimum Gasteiger partial charge on any atom is -0.456 e. The summed E-state index contributed by atoms with van der Waals surface area (Å²) in [5, 5.41) is 2.28. The van der Waals surface area contributed by atoms with E-state index in [1.165, 1.54) is 55.6 Å². The number of para-hydroxylation sites is 2. The molecule has 3 aliphatic carbocycles. The van der Waals surface area contributed by atoms with Crippen molar-refractivity contribution in [2.24, 2.45) is 0 Å². The lowest BCUT2D eigenvalue weighted by molar-refractivity contribution is 0.626. The van der Waals surface area contributed by atoms with Gasteiger partial charge in [-0.1, -0.05) is 147 Å². The zero-order valence-electron chi connectivity index (χ0n) is 31.5. The van der Waals surface area contributed by atoms with Crippen LogP contribution in [-0.4, -0.2) is 0 Å². The molecule has 0 saturated carbocycles. The molecule has 0 N–H and O–H groups in total. The van der Waals surface area contributed by atoms with E-state index in [9.17, 15) is 0 Å². The number of benzene rings is 8. The normalized spacial score (nSPS) is 16.8. The Labute approximate surface area is 327 Å². The Morgan fingerprint density at radius 3 is 1.84 bits per heavy atom. The molecule has 2 nitrogen and oxygen atoms in total. The van der Waals surface area contributed by atoms with Crippen molar-refractivity contribution in [1.82, 2.24) is 0 Å². The monoisotopic (exact) mass is 717 g/mol. The van der Waals surface area contributed by atoms with E-state index in [0.717, 1.165) is 63.0 Å². The zero-order chi connectivity index (χ0) is 37.2. The van der Waals surface area contributed by atoms with Crippen LogP contribution in [-0.2, 0) is 17.3 Å². The summed E-state index contributed by atoms with van der Waals surface area (Å²) in [6.45, 7) is 4.75. The Morgan fingerprint density at radius 2 is 1.02 bits per heavy atom. The Kier molecular flexibility index (Phi) is 6.47. The molecule has 0 bridgehead atoms. The molecule has 0 radical (unpaired) electrons. The lowest BCUT2D eigenvalue weighted by Crippen LogP contribution is -2.24. The van der Waals surface area contributed by atoms with E-state index in [1.54, 1.807) is 0 Å². The number of nitrogens with zero attached hydrogens (tertiary/aromatic N) is 1. The van der Waals surface area contributed by atoms with Crippen LogP contribution < -0.4 is 4.90 Å². The molecule has 0 saturated heterocycles. The number of hydrogen-bond donors (Lipinski definition) is 0. The van der Waals surface area contributed by atoms with Crippen LogP contribution in [0.15, 0.2) is 180 Å². The van der Waals surface area contributed by atoms with Crippen LogP contribution in [0.2, 0.25) is 0 Å². The van der Waals surface area contributed by atoms with Crippen LogP contribution in [0.1, 0.15) is 53.6 Å². The van der Waals surface area contributed by atoms with Crippen molar-refractivity contribution >= 4 is 39.0 Å². The summed E-state index contributed by atoms with van der Waals surface area (Å²) in [4.78, 5) is 2.52. The standard InChI is InChI=1S/C54H39NO/c1-53(2)45-21-9-4-15-37(45)39-28-26-35(32-47(39)53)55(49-23-11-6-17-41(49)42-19-13-25-51-52(42)43-18-7-12-24-50(43)56-51)36-27-29-40-38-16-5-10-22-46(38)54(48(40)33-36)31-30-34-14-3-8-20-44(34)54/h3-29,32-33H,30-31H2,1-2H3. The largest absolute Gasteiger partial charge is 0.456 e. The number of rotatable bonds is 4. The number of aryl methyl sites for hydroxylation is 1. The molecule has 266 valence electrons. The van der Waals surface area contributed by atoms with Gasteiger partial charge < -0.3 is 9.32 Å². The van der Waals surface area contributed by atoms with Gasteiger partial charge >= 0.3 is 0 Å². The van der Waals surface area contributed by atoms with Gasteiger partial charge in [0.1, 0.15) is 11.2 Å². The minimum absolute atomic E-state index is 0.133. The van der Waals surface area contributed by atoms with Crippen LogP contribution in [0, 0.1) is 0 Å². The average Bonchev–Trinajstić information content (AvgIpc) is 3.97. The maximum Gasteiger partial charge on any atom is 0.136 e. The summed E-state index contributed by atoms with van der Waals surface area (Å²) in [7, 11) is 0. The molecule has 8 aromatic carbocycles. The molecule has 1 aromatic heterocycles. The molecule has 1 heterocycles. The van der Waals surface area contributed by atoms with Gasteiger partial charge in [0.25, 0.3) is 0 Å². The topological polar surface area (TPSA) is 16.4 Å². The first-order valence-corrected chi connectivity index (χ1v) is 19.9. The van der Waals surface area contributed by atoms with Crippen LogP contribution >= 0.6 is 0 Å². The third-order valence-corrected chi connectivity index (χ3v) is 13.3. The first-order chi connectivity index (χ1) is 27.5. The summed E-state index contributed by atoms with van der Waals surface area (Å²) in [6.07, 6.45) is 2.14. The number of furan rings is 1. The number of hydrogen-bond acceptors (Lipinski definition) is 2. The SMILES string of the molecule is CC1(C)c2ccccc2-c2ccc(N(c3ccc4c(c3)C3(CCc5ccccc53)c3ccccc3-4)c3ccccc3-c3cccc4oc5ccccc5c34)cc21.